The van der Waals surface area contributed by atoms with Crippen molar-refractivity contribution >= 4 is 35.8 Å². The van der Waals surface area contributed by atoms with Gasteiger partial charge in [0, 0.05) is 23.3 Å². The highest BCUT2D eigenvalue weighted by Gasteiger charge is 2.48. The average Bonchev–Trinajstić information content (AvgIpc) is 2.63. The standard InChI is InChI=1S/C18H19FN3O3S/c1-21-16-14(17(23)22(2)18(21)24)15(12(8-20-16)9-25-3)26-10-11-5-4-6-13(19)7-11/h4-8,14H,9-10H2,1-3H3/q+1. The molecular formula is C18H19FN3O3S+. The fourth-order valence-corrected chi connectivity index (χ4v) is 4.10. The van der Waals surface area contributed by atoms with Crippen molar-refractivity contribution in [1.29, 1.82) is 0 Å². The highest BCUT2D eigenvalue weighted by atomic mass is 32.2. The molecule has 0 saturated carbocycles. The molecule has 0 aromatic heterocycles. The molecule has 1 atom stereocenters. The number of imide groups is 1. The second-order valence-electron chi connectivity index (χ2n) is 6.03. The van der Waals surface area contributed by atoms with Gasteiger partial charge in [-0.25, -0.2) is 9.18 Å². The molecule has 0 bridgehead atoms. The third-order valence-corrected chi connectivity index (χ3v) is 5.55. The molecule has 3 rings (SSSR count). The van der Waals surface area contributed by atoms with Crippen LogP contribution in [0.4, 0.5) is 9.18 Å². The Balaban J connectivity index is 1.98. The van der Waals surface area contributed by atoms with Gasteiger partial charge in [-0.3, -0.25) is 4.79 Å². The Kier molecular flexibility index (Phi) is 5.33. The van der Waals surface area contributed by atoms with Crippen molar-refractivity contribution in [2.45, 2.75) is 5.75 Å². The quantitative estimate of drug-likeness (QED) is 0.740. The Morgan fingerprint density at radius 2 is 2.15 bits per heavy atom. The molecule has 1 aromatic rings. The molecule has 1 unspecified atom stereocenters. The lowest BCUT2D eigenvalue weighted by Gasteiger charge is -2.28. The molecule has 0 aliphatic carbocycles. The van der Waals surface area contributed by atoms with Gasteiger partial charge < -0.3 is 4.74 Å². The van der Waals surface area contributed by atoms with Crippen molar-refractivity contribution < 1.29 is 23.3 Å². The van der Waals surface area contributed by atoms with Crippen molar-refractivity contribution in [2.75, 3.05) is 27.8 Å². The number of aliphatic imine (C=N–C) groups is 1. The van der Waals surface area contributed by atoms with Gasteiger partial charge in [0.2, 0.25) is 0 Å². The highest BCUT2D eigenvalue weighted by molar-refractivity contribution is 8.02. The number of amidine groups is 1. The van der Waals surface area contributed by atoms with Crippen LogP contribution in [0.3, 0.4) is 0 Å². The number of halogens is 1. The van der Waals surface area contributed by atoms with Crippen LogP contribution in [0, 0.1) is 11.7 Å². The minimum Gasteiger partial charge on any atom is -0.380 e. The van der Waals surface area contributed by atoms with E-state index >= 15 is 0 Å². The van der Waals surface area contributed by atoms with Gasteiger partial charge in [-0.1, -0.05) is 12.1 Å². The second-order valence-corrected chi connectivity index (χ2v) is 7.05. The summed E-state index contributed by atoms with van der Waals surface area (Å²) in [6.07, 6.45) is 1.63. The topological polar surface area (TPSA) is 62.0 Å². The lowest BCUT2D eigenvalue weighted by atomic mass is 9.98. The van der Waals surface area contributed by atoms with Gasteiger partial charge in [0.05, 0.1) is 20.7 Å². The largest absolute Gasteiger partial charge is 0.445 e. The summed E-state index contributed by atoms with van der Waals surface area (Å²) in [6.45, 7) is 0.299. The van der Waals surface area contributed by atoms with Crippen molar-refractivity contribution in [1.82, 2.24) is 4.90 Å². The van der Waals surface area contributed by atoms with E-state index in [0.29, 0.717) is 18.2 Å². The molecule has 0 radical (unpaired) electrons. The van der Waals surface area contributed by atoms with Crippen LogP contribution in [-0.4, -0.2) is 61.3 Å². The summed E-state index contributed by atoms with van der Waals surface area (Å²) in [5.74, 6) is -0.385. The Bertz CT molecular complexity index is 863. The number of benzene rings is 1. The number of nitrogens with zero attached hydrogens (tertiary/aromatic N) is 3. The van der Waals surface area contributed by atoms with Gasteiger partial charge in [0.1, 0.15) is 12.0 Å². The first-order valence-electron chi connectivity index (χ1n) is 7.99. The number of ether oxygens (including phenoxy) is 1. The van der Waals surface area contributed by atoms with E-state index in [1.807, 2.05) is 6.07 Å². The minimum atomic E-state index is -0.656. The highest BCUT2D eigenvalue weighted by Crippen LogP contribution is 2.36. The summed E-state index contributed by atoms with van der Waals surface area (Å²) in [5.41, 5.74) is 1.59. The van der Waals surface area contributed by atoms with E-state index in [1.165, 1.54) is 35.5 Å². The van der Waals surface area contributed by atoms with Gasteiger partial charge in [-0.15, -0.1) is 16.8 Å². The van der Waals surface area contributed by atoms with E-state index in [0.717, 1.165) is 20.9 Å². The molecule has 2 aliphatic heterocycles. The van der Waals surface area contributed by atoms with E-state index < -0.39 is 11.9 Å². The van der Waals surface area contributed by atoms with Crippen LogP contribution in [0.25, 0.3) is 0 Å². The van der Waals surface area contributed by atoms with Crippen LogP contribution in [0.1, 0.15) is 5.56 Å². The van der Waals surface area contributed by atoms with Gasteiger partial charge in [0.15, 0.2) is 5.92 Å². The van der Waals surface area contributed by atoms with E-state index in [2.05, 4.69) is 4.99 Å². The number of hydrogen-bond donors (Lipinski definition) is 0. The number of carbonyl (C=O) groups is 2. The molecule has 2 heterocycles. The van der Waals surface area contributed by atoms with Gasteiger partial charge in [-0.05, 0) is 17.7 Å². The summed E-state index contributed by atoms with van der Waals surface area (Å²) in [4.78, 5) is 31.1. The first-order valence-corrected chi connectivity index (χ1v) is 8.98. The predicted octanol–water partition coefficient (Wildman–Crippen LogP) is 2.29. The number of urea groups is 1. The van der Waals surface area contributed by atoms with Crippen LogP contribution in [-0.2, 0) is 15.3 Å². The number of methoxy groups -OCH3 is 1. The molecular weight excluding hydrogens is 357 g/mol. The Morgan fingerprint density at radius 1 is 1.38 bits per heavy atom. The number of thioether (sulfide) groups is 1. The average molecular weight is 376 g/mol. The second kappa shape index (κ2) is 7.51. The monoisotopic (exact) mass is 376 g/mol. The number of hydrogen-bond acceptors (Lipinski definition) is 5. The third kappa shape index (κ3) is 3.34. The molecule has 0 N–H and O–H groups in total. The third-order valence-electron chi connectivity index (χ3n) is 4.27. The molecule has 3 amide bonds. The molecule has 2 aliphatic rings. The Morgan fingerprint density at radius 3 is 2.85 bits per heavy atom. The summed E-state index contributed by atoms with van der Waals surface area (Å²) in [7, 11) is 4.63. The zero-order valence-electron chi connectivity index (χ0n) is 14.7. The summed E-state index contributed by atoms with van der Waals surface area (Å²) < 4.78 is 20.1. The number of rotatable bonds is 5. The molecule has 0 fully saturated rings. The fraction of sp³-hybridized carbons (Fsp3) is 0.333. The van der Waals surface area contributed by atoms with Crippen molar-refractivity contribution in [3.05, 3.63) is 46.1 Å². The van der Waals surface area contributed by atoms with Crippen LogP contribution < -0.4 is 0 Å². The van der Waals surface area contributed by atoms with Gasteiger partial charge in [0.25, 0.3) is 5.84 Å². The normalized spacial score (nSPS) is 20.2. The Hall–Kier alpha value is -2.32. The number of amides is 3. The van der Waals surface area contributed by atoms with Crippen molar-refractivity contribution in [3.63, 3.8) is 0 Å². The van der Waals surface area contributed by atoms with Crippen molar-refractivity contribution in [3.8, 4) is 0 Å². The number of carbonyl (C=O) groups excluding carboxylic acids is 2. The molecule has 6 nitrogen and oxygen atoms in total. The minimum absolute atomic E-state index is 0.299. The lowest BCUT2D eigenvalue weighted by molar-refractivity contribution is -0.407. The van der Waals surface area contributed by atoms with E-state index in [-0.39, 0.29) is 11.7 Å². The summed E-state index contributed by atoms with van der Waals surface area (Å²) >= 11 is 1.44. The van der Waals surface area contributed by atoms with Crippen LogP contribution >= 0.6 is 11.8 Å². The van der Waals surface area contributed by atoms with E-state index in [1.54, 1.807) is 26.4 Å². The van der Waals surface area contributed by atoms with Crippen LogP contribution in [0.2, 0.25) is 0 Å². The summed E-state index contributed by atoms with van der Waals surface area (Å²) in [5, 5.41) is 0. The molecule has 1 aromatic carbocycles. The Labute approximate surface area is 155 Å². The number of fused-ring (bicyclic) bond motifs is 1. The zero-order valence-corrected chi connectivity index (χ0v) is 15.5. The maximum atomic E-state index is 13.4. The SMILES string of the molecule is COCC1=C(SCc2cccc(F)c2)C2C(=O)N(C)C(=O)[N+](C)=C2N=C1. The van der Waals surface area contributed by atoms with Crippen LogP contribution in [0.15, 0.2) is 39.7 Å². The molecule has 8 heteroatoms. The lowest BCUT2D eigenvalue weighted by Crippen LogP contribution is -2.52. The van der Waals surface area contributed by atoms with Crippen molar-refractivity contribution in [2.24, 2.45) is 10.9 Å². The molecule has 0 saturated heterocycles. The first-order chi connectivity index (χ1) is 12.4. The number of dihydropyridines is 1. The van der Waals surface area contributed by atoms with Crippen LogP contribution in [0.5, 0.6) is 0 Å². The first kappa shape index (κ1) is 18.5. The molecule has 26 heavy (non-hydrogen) atoms. The van der Waals surface area contributed by atoms with E-state index in [4.69, 9.17) is 4.74 Å². The maximum Gasteiger partial charge on any atom is 0.445 e. The summed E-state index contributed by atoms with van der Waals surface area (Å²) in [6, 6.07) is 5.93. The zero-order chi connectivity index (χ0) is 18.8. The molecule has 136 valence electrons. The fourth-order valence-electron chi connectivity index (χ4n) is 2.93. The molecule has 0 spiro atoms. The van der Waals surface area contributed by atoms with Gasteiger partial charge in [-0.2, -0.15) is 9.48 Å². The predicted molar refractivity (Wildman–Crippen MR) is 97.9 cm³/mol. The van der Waals surface area contributed by atoms with E-state index in [9.17, 15) is 14.0 Å². The maximum absolute atomic E-state index is 13.4. The smallest absolute Gasteiger partial charge is 0.380 e. The van der Waals surface area contributed by atoms with Gasteiger partial charge >= 0.3 is 11.9 Å².